The number of rotatable bonds is 3. The van der Waals surface area contributed by atoms with E-state index >= 15 is 0 Å². The van der Waals surface area contributed by atoms with E-state index in [9.17, 15) is 4.79 Å². The Bertz CT molecular complexity index is 796. The molecule has 0 unspecified atom stereocenters. The number of hydrogen-bond acceptors (Lipinski definition) is 3. The first kappa shape index (κ1) is 14.3. The van der Waals surface area contributed by atoms with Crippen LogP contribution in [0.4, 0.5) is 0 Å². The molecule has 1 amide bonds. The summed E-state index contributed by atoms with van der Waals surface area (Å²) in [4.78, 5) is 15.2. The number of amides is 1. The molecule has 0 atom stereocenters. The molecule has 5 heteroatoms. The van der Waals surface area contributed by atoms with Crippen LogP contribution >= 0.6 is 0 Å². The van der Waals surface area contributed by atoms with Gasteiger partial charge in [0.1, 0.15) is 11.5 Å². The van der Waals surface area contributed by atoms with Crippen molar-refractivity contribution in [3.63, 3.8) is 0 Å². The summed E-state index contributed by atoms with van der Waals surface area (Å²) in [6.07, 6.45) is 8.61. The Balaban J connectivity index is 1.45. The molecule has 0 spiro atoms. The van der Waals surface area contributed by atoms with Crippen LogP contribution in [0.2, 0.25) is 0 Å². The van der Waals surface area contributed by atoms with E-state index in [-0.39, 0.29) is 5.91 Å². The predicted octanol–water partition coefficient (Wildman–Crippen LogP) is 3.36. The standard InChI is InChI=1S/C19H23N3O2/c1-21-16-3-2-8-22(11-14(16)10-20-21)19(23)15-9-17(12-4-5-12)24-18(15)13-6-7-13/h9-10,12-13H,2-8,11H2,1H3. The molecule has 0 saturated heterocycles. The maximum absolute atomic E-state index is 13.2. The summed E-state index contributed by atoms with van der Waals surface area (Å²) in [5.74, 6) is 3.16. The highest BCUT2D eigenvalue weighted by molar-refractivity contribution is 5.95. The topological polar surface area (TPSA) is 51.3 Å². The van der Waals surface area contributed by atoms with Crippen molar-refractivity contribution in [1.29, 1.82) is 0 Å². The van der Waals surface area contributed by atoms with Gasteiger partial charge < -0.3 is 9.32 Å². The molecule has 3 aliphatic rings. The molecule has 0 radical (unpaired) electrons. The number of fused-ring (bicyclic) bond motifs is 1. The number of nitrogens with zero attached hydrogens (tertiary/aromatic N) is 3. The summed E-state index contributed by atoms with van der Waals surface area (Å²) < 4.78 is 8.06. The van der Waals surface area contributed by atoms with Crippen LogP contribution in [0.5, 0.6) is 0 Å². The van der Waals surface area contributed by atoms with Crippen molar-refractivity contribution >= 4 is 5.91 Å². The Labute approximate surface area is 141 Å². The first-order valence-electron chi connectivity index (χ1n) is 9.13. The highest BCUT2D eigenvalue weighted by Gasteiger charge is 2.37. The SMILES string of the molecule is Cn1ncc2c1CCCN(C(=O)c1cc(C3CC3)oc1C1CC1)C2. The molecule has 3 heterocycles. The number of carbonyl (C=O) groups excluding carboxylic acids is 1. The maximum atomic E-state index is 13.2. The van der Waals surface area contributed by atoms with Crippen molar-refractivity contribution in [2.75, 3.05) is 6.54 Å². The normalized spacial score (nSPS) is 20.8. The van der Waals surface area contributed by atoms with Crippen LogP contribution in [0, 0.1) is 0 Å². The third-order valence-corrected chi connectivity index (χ3v) is 5.58. The first-order chi connectivity index (χ1) is 11.7. The molecule has 2 aromatic rings. The molecule has 0 bridgehead atoms. The minimum Gasteiger partial charge on any atom is -0.465 e. The third-order valence-electron chi connectivity index (χ3n) is 5.58. The van der Waals surface area contributed by atoms with Crippen molar-refractivity contribution in [2.24, 2.45) is 7.05 Å². The second-order valence-electron chi connectivity index (χ2n) is 7.55. The molecule has 1 aliphatic heterocycles. The average Bonchev–Trinajstić information content (AvgIpc) is 3.50. The highest BCUT2D eigenvalue weighted by atomic mass is 16.3. The number of furan rings is 1. The molecule has 5 rings (SSSR count). The quantitative estimate of drug-likeness (QED) is 0.869. The fourth-order valence-corrected chi connectivity index (χ4v) is 3.84. The van der Waals surface area contributed by atoms with Crippen LogP contribution in [-0.2, 0) is 20.0 Å². The molecule has 2 fully saturated rings. The molecule has 2 saturated carbocycles. The van der Waals surface area contributed by atoms with Crippen molar-refractivity contribution in [2.45, 2.75) is 56.9 Å². The van der Waals surface area contributed by atoms with Crippen molar-refractivity contribution in [3.8, 4) is 0 Å². The fourth-order valence-electron chi connectivity index (χ4n) is 3.84. The van der Waals surface area contributed by atoms with Crippen molar-refractivity contribution in [1.82, 2.24) is 14.7 Å². The Hall–Kier alpha value is -2.04. The number of hydrogen-bond donors (Lipinski definition) is 0. The predicted molar refractivity (Wildman–Crippen MR) is 88.9 cm³/mol. The lowest BCUT2D eigenvalue weighted by Gasteiger charge is -2.20. The monoisotopic (exact) mass is 325 g/mol. The van der Waals surface area contributed by atoms with Gasteiger partial charge in [-0.1, -0.05) is 0 Å². The van der Waals surface area contributed by atoms with Gasteiger partial charge in [0.2, 0.25) is 0 Å². The summed E-state index contributed by atoms with van der Waals surface area (Å²) in [5.41, 5.74) is 3.27. The zero-order valence-corrected chi connectivity index (χ0v) is 14.1. The molecule has 0 aromatic carbocycles. The summed E-state index contributed by atoms with van der Waals surface area (Å²) >= 11 is 0. The van der Waals surface area contributed by atoms with Gasteiger partial charge in [-0.15, -0.1) is 0 Å². The third kappa shape index (κ3) is 2.38. The van der Waals surface area contributed by atoms with E-state index in [0.717, 1.165) is 49.3 Å². The van der Waals surface area contributed by atoms with Gasteiger partial charge >= 0.3 is 0 Å². The Kier molecular flexibility index (Phi) is 3.12. The van der Waals surface area contributed by atoms with E-state index in [1.807, 2.05) is 28.9 Å². The highest BCUT2D eigenvalue weighted by Crippen LogP contribution is 2.47. The second-order valence-corrected chi connectivity index (χ2v) is 7.55. The lowest BCUT2D eigenvalue weighted by atomic mass is 10.1. The van der Waals surface area contributed by atoms with Gasteiger partial charge in [-0.3, -0.25) is 9.48 Å². The lowest BCUT2D eigenvalue weighted by Crippen LogP contribution is -2.31. The number of carbonyl (C=O) groups is 1. The average molecular weight is 325 g/mol. The fraction of sp³-hybridized carbons (Fsp3) is 0.579. The van der Waals surface area contributed by atoms with Gasteiger partial charge in [-0.2, -0.15) is 5.10 Å². The van der Waals surface area contributed by atoms with Gasteiger partial charge in [0.15, 0.2) is 0 Å². The minimum atomic E-state index is 0.143. The van der Waals surface area contributed by atoms with E-state index < -0.39 is 0 Å². The first-order valence-corrected chi connectivity index (χ1v) is 9.13. The molecule has 126 valence electrons. The molecular formula is C19H23N3O2. The van der Waals surface area contributed by atoms with Crippen molar-refractivity contribution in [3.05, 3.63) is 40.6 Å². The second kappa shape index (κ2) is 5.23. The minimum absolute atomic E-state index is 0.143. The largest absolute Gasteiger partial charge is 0.465 e. The van der Waals surface area contributed by atoms with Crippen LogP contribution in [0.1, 0.15) is 77.1 Å². The molecular weight excluding hydrogens is 302 g/mol. The molecule has 5 nitrogen and oxygen atoms in total. The van der Waals surface area contributed by atoms with Crippen molar-refractivity contribution < 1.29 is 9.21 Å². The lowest BCUT2D eigenvalue weighted by molar-refractivity contribution is 0.0743. The summed E-state index contributed by atoms with van der Waals surface area (Å²) in [5, 5.41) is 4.36. The molecule has 0 N–H and O–H groups in total. The zero-order chi connectivity index (χ0) is 16.3. The van der Waals surface area contributed by atoms with E-state index in [1.54, 1.807) is 0 Å². The van der Waals surface area contributed by atoms with E-state index in [0.29, 0.717) is 18.4 Å². The van der Waals surface area contributed by atoms with E-state index in [4.69, 9.17) is 4.42 Å². The van der Waals surface area contributed by atoms with E-state index in [1.165, 1.54) is 24.1 Å². The van der Waals surface area contributed by atoms with Crippen LogP contribution in [0.15, 0.2) is 16.7 Å². The molecule has 24 heavy (non-hydrogen) atoms. The van der Waals surface area contributed by atoms with Gasteiger partial charge in [0.25, 0.3) is 5.91 Å². The Morgan fingerprint density at radius 2 is 2.04 bits per heavy atom. The molecule has 2 aliphatic carbocycles. The number of aromatic nitrogens is 2. The zero-order valence-electron chi connectivity index (χ0n) is 14.1. The van der Waals surface area contributed by atoms with Crippen LogP contribution in [0.25, 0.3) is 0 Å². The molecule has 2 aromatic heterocycles. The smallest absolute Gasteiger partial charge is 0.257 e. The van der Waals surface area contributed by atoms with Crippen LogP contribution in [0.3, 0.4) is 0 Å². The van der Waals surface area contributed by atoms with Gasteiger partial charge in [-0.05, 0) is 44.6 Å². The van der Waals surface area contributed by atoms with Crippen LogP contribution < -0.4 is 0 Å². The summed E-state index contributed by atoms with van der Waals surface area (Å²) in [6.45, 7) is 1.47. The van der Waals surface area contributed by atoms with Gasteiger partial charge in [0.05, 0.1) is 11.8 Å². The van der Waals surface area contributed by atoms with Gasteiger partial charge in [-0.25, -0.2) is 0 Å². The van der Waals surface area contributed by atoms with Gasteiger partial charge in [0, 0.05) is 43.2 Å². The Morgan fingerprint density at radius 1 is 1.25 bits per heavy atom. The summed E-state index contributed by atoms with van der Waals surface area (Å²) in [6, 6.07) is 2.04. The number of aryl methyl sites for hydroxylation is 1. The Morgan fingerprint density at radius 3 is 2.79 bits per heavy atom. The van der Waals surface area contributed by atoms with Crippen LogP contribution in [-0.4, -0.2) is 27.1 Å². The van der Waals surface area contributed by atoms with E-state index in [2.05, 4.69) is 5.10 Å². The maximum Gasteiger partial charge on any atom is 0.257 e. The summed E-state index contributed by atoms with van der Waals surface area (Å²) in [7, 11) is 1.99.